The zero-order valence-corrected chi connectivity index (χ0v) is 20.4. The van der Waals surface area contributed by atoms with Crippen molar-refractivity contribution < 1.29 is 28.6 Å². The van der Waals surface area contributed by atoms with Crippen LogP contribution in [0.4, 0.5) is 0 Å². The van der Waals surface area contributed by atoms with Gasteiger partial charge in [-0.3, -0.25) is 9.59 Å². The molecule has 0 radical (unpaired) electrons. The van der Waals surface area contributed by atoms with Crippen molar-refractivity contribution in [3.63, 3.8) is 0 Å². The zero-order valence-electron chi connectivity index (χ0n) is 20.4. The van der Waals surface area contributed by atoms with E-state index in [-0.39, 0.29) is 21.9 Å². The van der Waals surface area contributed by atoms with E-state index in [1.165, 1.54) is 12.1 Å². The Morgan fingerprint density at radius 3 is 1.32 bits per heavy atom. The van der Waals surface area contributed by atoms with Gasteiger partial charge in [-0.2, -0.15) is 0 Å². The smallest absolute Gasteiger partial charge is 0.348 e. The highest BCUT2D eigenvalue weighted by Crippen LogP contribution is 2.42. The predicted molar refractivity (Wildman–Crippen MR) is 149 cm³/mol. The monoisotopic (exact) mass is 528 g/mol. The van der Waals surface area contributed by atoms with Crippen LogP contribution in [0, 0.1) is 0 Å². The number of ketones is 2. The third-order valence-electron chi connectivity index (χ3n) is 7.17. The maximum Gasteiger partial charge on any atom is 0.348 e. The molecule has 7 rings (SSSR count). The molecule has 192 valence electrons. The lowest BCUT2D eigenvalue weighted by atomic mass is 9.85. The molecule has 0 bridgehead atoms. The number of fused-ring (bicyclic) bond motifs is 6. The van der Waals surface area contributed by atoms with Gasteiger partial charge in [-0.15, -0.1) is 0 Å². The van der Waals surface area contributed by atoms with Gasteiger partial charge in [-0.25, -0.2) is 9.59 Å². The number of rotatable bonds is 2. The highest BCUT2D eigenvalue weighted by atomic mass is 16.4. The summed E-state index contributed by atoms with van der Waals surface area (Å²) in [5.74, 6) is -2.87. The molecule has 40 heavy (non-hydrogen) atoms. The molecule has 0 unspecified atom stereocenters. The van der Waals surface area contributed by atoms with Gasteiger partial charge in [-0.05, 0) is 45.8 Å². The van der Waals surface area contributed by atoms with Gasteiger partial charge in [0.1, 0.15) is 33.8 Å². The summed E-state index contributed by atoms with van der Waals surface area (Å²) in [6.45, 7) is 0. The molecule has 1 aliphatic carbocycles. The molecular weight excluding hydrogens is 512 g/mol. The molecule has 2 aromatic heterocycles. The Hall–Kier alpha value is -5.76. The molecule has 6 aromatic rings. The molecule has 0 saturated carbocycles. The summed E-state index contributed by atoms with van der Waals surface area (Å²) in [4.78, 5) is 53.2. The number of aromatic hydroxyl groups is 2. The second-order valence-electron chi connectivity index (χ2n) is 9.36. The fourth-order valence-corrected chi connectivity index (χ4v) is 5.41. The highest BCUT2D eigenvalue weighted by Gasteiger charge is 2.35. The lowest BCUT2D eigenvalue weighted by Crippen LogP contribution is -2.21. The Morgan fingerprint density at radius 1 is 0.500 bits per heavy atom. The van der Waals surface area contributed by atoms with Gasteiger partial charge < -0.3 is 19.0 Å². The van der Waals surface area contributed by atoms with Crippen molar-refractivity contribution in [1.82, 2.24) is 0 Å². The molecular formula is C32H16O8. The lowest BCUT2D eigenvalue weighted by Gasteiger charge is -2.17. The van der Waals surface area contributed by atoms with Crippen molar-refractivity contribution in [3.05, 3.63) is 117 Å². The topological polar surface area (TPSA) is 135 Å². The van der Waals surface area contributed by atoms with Crippen LogP contribution in [0.2, 0.25) is 0 Å². The molecule has 0 amide bonds. The maximum atomic E-state index is 13.3. The number of carbonyl (C=O) groups excluding carboxylic acids is 2. The second-order valence-corrected chi connectivity index (χ2v) is 9.36. The SMILES string of the molecule is O=C1C=CC(=O)C(c2c(O)c3c(ccc4ccccc43)oc2=O)=C1c1c(O)c2c(ccc3ccccc32)oc1=O. The molecule has 8 nitrogen and oxygen atoms in total. The van der Waals surface area contributed by atoms with Gasteiger partial charge in [0, 0.05) is 0 Å². The molecule has 0 fully saturated rings. The van der Waals surface area contributed by atoms with Crippen LogP contribution in [0.15, 0.2) is 103 Å². The van der Waals surface area contributed by atoms with Gasteiger partial charge in [0.15, 0.2) is 11.6 Å². The van der Waals surface area contributed by atoms with E-state index in [0.717, 1.165) is 22.9 Å². The fourth-order valence-electron chi connectivity index (χ4n) is 5.41. The number of benzene rings is 4. The molecule has 8 heteroatoms. The molecule has 4 aromatic carbocycles. The van der Waals surface area contributed by atoms with Crippen molar-refractivity contribution >= 4 is 66.2 Å². The first-order chi connectivity index (χ1) is 19.3. The zero-order chi connectivity index (χ0) is 27.7. The van der Waals surface area contributed by atoms with E-state index in [1.807, 2.05) is 0 Å². The van der Waals surface area contributed by atoms with Gasteiger partial charge in [0.2, 0.25) is 0 Å². The van der Waals surface area contributed by atoms with Gasteiger partial charge in [-0.1, -0.05) is 60.7 Å². The normalized spacial score (nSPS) is 13.8. The predicted octanol–water partition coefficient (Wildman–Crippen LogP) is 5.24. The van der Waals surface area contributed by atoms with Crippen LogP contribution in [-0.2, 0) is 9.59 Å². The van der Waals surface area contributed by atoms with Crippen LogP contribution >= 0.6 is 0 Å². The van der Waals surface area contributed by atoms with Gasteiger partial charge in [0.05, 0.1) is 21.9 Å². The van der Waals surface area contributed by atoms with Crippen molar-refractivity contribution in [2.75, 3.05) is 0 Å². The molecule has 0 saturated heterocycles. The van der Waals surface area contributed by atoms with Crippen molar-refractivity contribution in [2.24, 2.45) is 0 Å². The largest absolute Gasteiger partial charge is 0.506 e. The first kappa shape index (κ1) is 23.4. The summed E-state index contributed by atoms with van der Waals surface area (Å²) in [7, 11) is 0. The van der Waals surface area contributed by atoms with Crippen LogP contribution in [0.1, 0.15) is 11.1 Å². The van der Waals surface area contributed by atoms with Crippen LogP contribution in [-0.4, -0.2) is 21.8 Å². The number of hydrogen-bond acceptors (Lipinski definition) is 8. The number of allylic oxidation sites excluding steroid dienone is 4. The molecule has 0 spiro atoms. The summed E-state index contributed by atoms with van der Waals surface area (Å²) >= 11 is 0. The Labute approximate surface area is 223 Å². The molecule has 1 aliphatic rings. The van der Waals surface area contributed by atoms with Crippen LogP contribution < -0.4 is 11.3 Å². The first-order valence-corrected chi connectivity index (χ1v) is 12.2. The Morgan fingerprint density at radius 2 is 0.900 bits per heavy atom. The number of carbonyl (C=O) groups is 2. The minimum absolute atomic E-state index is 0.0664. The molecule has 0 atom stereocenters. The second kappa shape index (κ2) is 8.37. The maximum absolute atomic E-state index is 13.3. The summed E-state index contributed by atoms with van der Waals surface area (Å²) in [6.07, 6.45) is 1.87. The summed E-state index contributed by atoms with van der Waals surface area (Å²) in [5, 5.41) is 25.7. The Balaban J connectivity index is 1.65. The quantitative estimate of drug-likeness (QED) is 0.177. The van der Waals surface area contributed by atoms with E-state index in [9.17, 15) is 29.4 Å². The van der Waals surface area contributed by atoms with Crippen molar-refractivity contribution in [1.29, 1.82) is 0 Å². The molecule has 2 N–H and O–H groups in total. The lowest BCUT2D eigenvalue weighted by molar-refractivity contribution is -0.112. The van der Waals surface area contributed by atoms with Gasteiger partial charge >= 0.3 is 11.3 Å². The van der Waals surface area contributed by atoms with E-state index < -0.39 is 56.6 Å². The van der Waals surface area contributed by atoms with E-state index in [2.05, 4.69) is 0 Å². The average Bonchev–Trinajstić information content (AvgIpc) is 2.95. The Bertz CT molecular complexity index is 2150. The van der Waals surface area contributed by atoms with Crippen LogP contribution in [0.25, 0.3) is 54.6 Å². The van der Waals surface area contributed by atoms with E-state index in [0.29, 0.717) is 10.8 Å². The molecule has 0 aliphatic heterocycles. The van der Waals surface area contributed by atoms with Crippen LogP contribution in [0.3, 0.4) is 0 Å². The third kappa shape index (κ3) is 3.19. The minimum atomic E-state index is -1.10. The minimum Gasteiger partial charge on any atom is -0.506 e. The van der Waals surface area contributed by atoms with E-state index in [1.54, 1.807) is 60.7 Å². The Kier molecular flexibility index (Phi) is 4.89. The fraction of sp³-hybridized carbons (Fsp3) is 0. The third-order valence-corrected chi connectivity index (χ3v) is 7.17. The summed E-state index contributed by atoms with van der Waals surface area (Å²) in [5.41, 5.74) is -4.41. The standard InChI is InChI=1S/C32H16O8/c33-19-11-12-20(34)26(28-30(36)24-18-8-4-2-6-16(18)10-14-22(24)40-32(28)38)25(19)27-29(35)23-17-7-3-1-5-15(17)9-13-21(23)39-31(27)37/h1-14,35-36H. The first-order valence-electron chi connectivity index (χ1n) is 12.2. The van der Waals surface area contributed by atoms with E-state index >= 15 is 0 Å². The number of hydrogen-bond donors (Lipinski definition) is 2. The van der Waals surface area contributed by atoms with Crippen molar-refractivity contribution in [2.45, 2.75) is 0 Å². The van der Waals surface area contributed by atoms with Crippen molar-refractivity contribution in [3.8, 4) is 11.5 Å². The molecule has 2 heterocycles. The van der Waals surface area contributed by atoms with E-state index in [4.69, 9.17) is 8.83 Å². The summed E-state index contributed by atoms with van der Waals surface area (Å²) < 4.78 is 11.0. The van der Waals surface area contributed by atoms with Gasteiger partial charge in [0.25, 0.3) is 0 Å². The summed E-state index contributed by atoms with van der Waals surface area (Å²) in [6, 6.07) is 20.5. The highest BCUT2D eigenvalue weighted by molar-refractivity contribution is 6.49. The average molecular weight is 528 g/mol. The van der Waals surface area contributed by atoms with Crippen LogP contribution in [0.5, 0.6) is 11.5 Å².